The highest BCUT2D eigenvalue weighted by atomic mass is 79.9. The summed E-state index contributed by atoms with van der Waals surface area (Å²) in [6, 6.07) is 8.03. The molecule has 1 saturated heterocycles. The van der Waals surface area contributed by atoms with Crippen LogP contribution in [0.3, 0.4) is 0 Å². The van der Waals surface area contributed by atoms with Crippen molar-refractivity contribution in [3.05, 3.63) is 34.3 Å². The van der Waals surface area contributed by atoms with Crippen molar-refractivity contribution in [3.8, 4) is 0 Å². The van der Waals surface area contributed by atoms with E-state index in [1.807, 2.05) is 18.2 Å². The van der Waals surface area contributed by atoms with Gasteiger partial charge in [0.05, 0.1) is 24.7 Å². The quantitative estimate of drug-likeness (QED) is 0.808. The van der Waals surface area contributed by atoms with Crippen LogP contribution in [0.15, 0.2) is 33.8 Å². The lowest BCUT2D eigenvalue weighted by Crippen LogP contribution is -3.16. The molecule has 0 aliphatic carbocycles. The first-order chi connectivity index (χ1) is 9.58. The largest absolute Gasteiger partial charge is 0.332 e. The summed E-state index contributed by atoms with van der Waals surface area (Å²) >= 11 is 3.37. The number of halogens is 1. The molecule has 1 aromatic rings. The number of amides is 1. The molecule has 2 N–H and O–H groups in total. The summed E-state index contributed by atoms with van der Waals surface area (Å²) < 4.78 is 0.789. The van der Waals surface area contributed by atoms with Gasteiger partial charge in [-0.25, -0.2) is 5.43 Å². The maximum Gasteiger partial charge on any atom is 0.272 e. The van der Waals surface area contributed by atoms with Crippen LogP contribution < -0.4 is 10.3 Å². The van der Waals surface area contributed by atoms with Crippen LogP contribution in [-0.4, -0.2) is 30.8 Å². The standard InChI is InChI=1S/C15H20BrN3O/c1-11(2)19-9-7-12(8-10-19)17-18-15(20)13-5-3-4-6-14(13)16/h3-6,11H,7-10H2,1-2H3,(H,18,20)/p+1. The van der Waals surface area contributed by atoms with Crippen molar-refractivity contribution in [2.24, 2.45) is 5.10 Å². The zero-order chi connectivity index (χ0) is 14.5. The summed E-state index contributed by atoms with van der Waals surface area (Å²) in [5.74, 6) is -0.163. The molecule has 1 heterocycles. The first kappa shape index (κ1) is 15.2. The van der Waals surface area contributed by atoms with E-state index in [2.05, 4.69) is 40.3 Å². The van der Waals surface area contributed by atoms with Gasteiger partial charge in [-0.1, -0.05) is 12.1 Å². The Hall–Kier alpha value is -1.20. The highest BCUT2D eigenvalue weighted by Gasteiger charge is 2.20. The van der Waals surface area contributed by atoms with E-state index < -0.39 is 0 Å². The van der Waals surface area contributed by atoms with Crippen LogP contribution in [0.25, 0.3) is 0 Å². The van der Waals surface area contributed by atoms with Gasteiger partial charge in [0.15, 0.2) is 0 Å². The minimum Gasteiger partial charge on any atom is -0.332 e. The van der Waals surface area contributed by atoms with Gasteiger partial charge in [-0.05, 0) is 41.9 Å². The first-order valence-corrected chi connectivity index (χ1v) is 7.82. The number of hydrogen-bond acceptors (Lipinski definition) is 2. The zero-order valence-corrected chi connectivity index (χ0v) is 13.5. The Labute approximate surface area is 128 Å². The van der Waals surface area contributed by atoms with E-state index in [1.54, 1.807) is 11.0 Å². The molecule has 1 aromatic carbocycles. The fourth-order valence-corrected chi connectivity index (χ4v) is 2.85. The third kappa shape index (κ3) is 3.90. The van der Waals surface area contributed by atoms with Crippen LogP contribution in [0.1, 0.15) is 37.0 Å². The predicted octanol–water partition coefficient (Wildman–Crippen LogP) is 1.62. The van der Waals surface area contributed by atoms with Gasteiger partial charge in [0.2, 0.25) is 0 Å². The lowest BCUT2D eigenvalue weighted by Gasteiger charge is -2.27. The van der Waals surface area contributed by atoms with Gasteiger partial charge in [-0.3, -0.25) is 4.79 Å². The van der Waals surface area contributed by atoms with E-state index in [-0.39, 0.29) is 5.91 Å². The molecule has 20 heavy (non-hydrogen) atoms. The fourth-order valence-electron chi connectivity index (χ4n) is 2.38. The summed E-state index contributed by atoms with van der Waals surface area (Å²) in [4.78, 5) is 13.6. The Morgan fingerprint density at radius 1 is 1.30 bits per heavy atom. The molecule has 108 valence electrons. The second-order valence-electron chi connectivity index (χ2n) is 5.41. The Bertz CT molecular complexity index is 504. The van der Waals surface area contributed by atoms with Crippen LogP contribution in [-0.2, 0) is 0 Å². The van der Waals surface area contributed by atoms with E-state index in [0.29, 0.717) is 11.6 Å². The number of piperidine rings is 1. The Morgan fingerprint density at radius 3 is 2.55 bits per heavy atom. The Morgan fingerprint density at radius 2 is 1.95 bits per heavy atom. The summed E-state index contributed by atoms with van der Waals surface area (Å²) in [5.41, 5.74) is 4.37. The predicted molar refractivity (Wildman–Crippen MR) is 84.1 cm³/mol. The topological polar surface area (TPSA) is 45.9 Å². The molecule has 2 rings (SSSR count). The van der Waals surface area contributed by atoms with Crippen molar-refractivity contribution in [2.75, 3.05) is 13.1 Å². The highest BCUT2D eigenvalue weighted by molar-refractivity contribution is 9.10. The molecule has 1 fully saturated rings. The molecule has 1 amide bonds. The fraction of sp³-hybridized carbons (Fsp3) is 0.467. The number of likely N-dealkylation sites (tertiary alicyclic amines) is 1. The van der Waals surface area contributed by atoms with Crippen molar-refractivity contribution in [2.45, 2.75) is 32.7 Å². The number of nitrogens with one attached hydrogen (secondary N) is 2. The van der Waals surface area contributed by atoms with Gasteiger partial charge in [-0.15, -0.1) is 0 Å². The molecular formula is C15H21BrN3O+. The van der Waals surface area contributed by atoms with Crippen molar-refractivity contribution in [1.29, 1.82) is 0 Å². The molecule has 0 unspecified atom stereocenters. The molecule has 0 aromatic heterocycles. The number of carbonyl (C=O) groups excluding carboxylic acids is 1. The van der Waals surface area contributed by atoms with Crippen molar-refractivity contribution in [1.82, 2.24) is 5.43 Å². The van der Waals surface area contributed by atoms with Crippen molar-refractivity contribution >= 4 is 27.5 Å². The summed E-state index contributed by atoms with van der Waals surface area (Å²) in [5, 5.41) is 4.28. The van der Waals surface area contributed by atoms with Gasteiger partial charge in [0, 0.05) is 23.0 Å². The lowest BCUT2D eigenvalue weighted by atomic mass is 10.1. The minimum absolute atomic E-state index is 0.163. The number of hydrazone groups is 1. The number of quaternary nitrogens is 1. The summed E-state index contributed by atoms with van der Waals surface area (Å²) in [6.45, 7) is 6.68. The van der Waals surface area contributed by atoms with Gasteiger partial charge in [0.1, 0.15) is 0 Å². The van der Waals surface area contributed by atoms with Crippen LogP contribution in [0.4, 0.5) is 0 Å². The average molecular weight is 339 g/mol. The molecule has 0 saturated carbocycles. The van der Waals surface area contributed by atoms with E-state index in [1.165, 1.54) is 0 Å². The van der Waals surface area contributed by atoms with Gasteiger partial charge in [0.25, 0.3) is 5.91 Å². The molecule has 1 aliphatic rings. The monoisotopic (exact) mass is 338 g/mol. The maximum absolute atomic E-state index is 12.0. The molecule has 0 radical (unpaired) electrons. The maximum atomic E-state index is 12.0. The minimum atomic E-state index is -0.163. The molecule has 0 spiro atoms. The first-order valence-electron chi connectivity index (χ1n) is 7.03. The van der Waals surface area contributed by atoms with Gasteiger partial charge in [-0.2, -0.15) is 5.10 Å². The van der Waals surface area contributed by atoms with Crippen LogP contribution in [0.5, 0.6) is 0 Å². The van der Waals surface area contributed by atoms with Crippen LogP contribution in [0, 0.1) is 0 Å². The number of rotatable bonds is 3. The van der Waals surface area contributed by atoms with E-state index >= 15 is 0 Å². The van der Waals surface area contributed by atoms with Crippen LogP contribution in [0.2, 0.25) is 0 Å². The zero-order valence-electron chi connectivity index (χ0n) is 11.9. The molecular weight excluding hydrogens is 318 g/mol. The normalized spacial score (nSPS) is 19.0. The molecule has 4 nitrogen and oxygen atoms in total. The van der Waals surface area contributed by atoms with Gasteiger partial charge >= 0.3 is 0 Å². The average Bonchev–Trinajstić information content (AvgIpc) is 2.45. The van der Waals surface area contributed by atoms with Gasteiger partial charge < -0.3 is 4.90 Å². The smallest absolute Gasteiger partial charge is 0.272 e. The van der Waals surface area contributed by atoms with E-state index in [4.69, 9.17) is 0 Å². The number of nitrogens with zero attached hydrogens (tertiary/aromatic N) is 1. The second-order valence-corrected chi connectivity index (χ2v) is 6.27. The van der Waals surface area contributed by atoms with Crippen LogP contribution >= 0.6 is 15.9 Å². The van der Waals surface area contributed by atoms with E-state index in [9.17, 15) is 4.79 Å². The van der Waals surface area contributed by atoms with E-state index in [0.717, 1.165) is 36.1 Å². The number of hydrogen-bond donors (Lipinski definition) is 2. The molecule has 1 aliphatic heterocycles. The van der Waals surface area contributed by atoms with Crippen molar-refractivity contribution < 1.29 is 9.69 Å². The molecule has 0 bridgehead atoms. The third-order valence-corrected chi connectivity index (χ3v) is 4.41. The molecule has 5 heteroatoms. The summed E-state index contributed by atoms with van der Waals surface area (Å²) in [6.07, 6.45) is 1.92. The Balaban J connectivity index is 1.91. The molecule has 0 atom stereocenters. The number of benzene rings is 1. The number of carbonyl (C=O) groups is 1. The third-order valence-electron chi connectivity index (χ3n) is 3.72. The lowest BCUT2D eigenvalue weighted by molar-refractivity contribution is -0.922. The summed E-state index contributed by atoms with van der Waals surface area (Å²) in [7, 11) is 0. The Kier molecular flexibility index (Phi) is 5.31. The second kappa shape index (κ2) is 6.99. The van der Waals surface area contributed by atoms with Crippen molar-refractivity contribution in [3.63, 3.8) is 0 Å². The SMILES string of the molecule is CC(C)[NH+]1CCC(=NNC(=O)c2ccccc2Br)CC1. The highest BCUT2D eigenvalue weighted by Crippen LogP contribution is 2.15.